The molecular formula is C25H20N4O2. The number of hydrogen-bond donors (Lipinski definition) is 1. The van der Waals surface area contributed by atoms with E-state index in [1.54, 1.807) is 47.9 Å². The Kier molecular flexibility index (Phi) is 4.40. The first-order chi connectivity index (χ1) is 15.0. The van der Waals surface area contributed by atoms with Crippen LogP contribution in [-0.2, 0) is 14.1 Å². The van der Waals surface area contributed by atoms with Gasteiger partial charge in [-0.15, -0.1) is 0 Å². The van der Waals surface area contributed by atoms with Gasteiger partial charge in [-0.05, 0) is 29.3 Å². The Hall–Kier alpha value is -4.19. The molecule has 5 aromatic rings. The molecule has 0 bridgehead atoms. The van der Waals surface area contributed by atoms with E-state index < -0.39 is 0 Å². The number of nitrogens with zero attached hydrogens (tertiary/aromatic N) is 3. The molecule has 0 atom stereocenters. The summed E-state index contributed by atoms with van der Waals surface area (Å²) in [5.74, 6) is 0. The lowest BCUT2D eigenvalue weighted by molar-refractivity contribution is 0.860. The number of nitrogens with one attached hydrogen (secondary N) is 1. The van der Waals surface area contributed by atoms with E-state index in [1.165, 1.54) is 0 Å². The van der Waals surface area contributed by atoms with Crippen LogP contribution in [0.25, 0.3) is 44.4 Å². The highest BCUT2D eigenvalue weighted by molar-refractivity contribution is 6.00. The van der Waals surface area contributed by atoms with Crippen molar-refractivity contribution in [1.82, 2.24) is 19.1 Å². The molecule has 0 spiro atoms. The molecule has 0 aliphatic heterocycles. The molecule has 0 amide bonds. The third kappa shape index (κ3) is 3.18. The Morgan fingerprint density at radius 1 is 0.806 bits per heavy atom. The summed E-state index contributed by atoms with van der Waals surface area (Å²) in [5.41, 5.74) is 5.48. The Bertz CT molecular complexity index is 1530. The normalized spacial score (nSPS) is 11.2. The van der Waals surface area contributed by atoms with Crippen LogP contribution in [0, 0.1) is 0 Å². The zero-order valence-corrected chi connectivity index (χ0v) is 17.2. The van der Waals surface area contributed by atoms with Gasteiger partial charge in [0.05, 0.1) is 0 Å². The molecule has 0 aliphatic carbocycles. The third-order valence-electron chi connectivity index (χ3n) is 5.54. The number of hydrogen-bond acceptors (Lipinski definition) is 3. The van der Waals surface area contributed by atoms with Crippen LogP contribution in [-0.4, -0.2) is 19.1 Å². The molecule has 0 fully saturated rings. The number of pyridine rings is 3. The second-order valence-electron chi connectivity index (χ2n) is 7.59. The van der Waals surface area contributed by atoms with Gasteiger partial charge in [-0.2, -0.15) is 0 Å². The summed E-state index contributed by atoms with van der Waals surface area (Å²) in [6.45, 7) is 0. The summed E-state index contributed by atoms with van der Waals surface area (Å²) in [4.78, 5) is 32.9. The van der Waals surface area contributed by atoms with Crippen LogP contribution in [0.1, 0.15) is 0 Å². The van der Waals surface area contributed by atoms with E-state index in [4.69, 9.17) is 0 Å². The van der Waals surface area contributed by atoms with Gasteiger partial charge in [0.2, 0.25) is 0 Å². The fourth-order valence-corrected chi connectivity index (χ4v) is 3.93. The fourth-order valence-electron chi connectivity index (χ4n) is 3.93. The van der Waals surface area contributed by atoms with Gasteiger partial charge in [-0.25, -0.2) is 0 Å². The molecule has 4 heterocycles. The van der Waals surface area contributed by atoms with Crippen LogP contribution in [0.4, 0.5) is 0 Å². The van der Waals surface area contributed by atoms with Gasteiger partial charge in [0, 0.05) is 72.7 Å². The maximum atomic E-state index is 12.9. The molecule has 1 aromatic carbocycles. The van der Waals surface area contributed by atoms with E-state index in [1.807, 2.05) is 54.7 Å². The second kappa shape index (κ2) is 7.25. The molecule has 4 aromatic heterocycles. The average Bonchev–Trinajstić information content (AvgIpc) is 3.25. The standard InChI is InChI=1S/C25H20N4O2/c1-28-14-20(16-7-4-3-5-8-16)18(12-23(28)30)21-15-29(2)25(31)24-19(21)11-22(27-24)17-9-6-10-26-13-17/h3-15,27H,1-2H3. The van der Waals surface area contributed by atoms with Crippen LogP contribution < -0.4 is 11.1 Å². The Labute approximate surface area is 178 Å². The Morgan fingerprint density at radius 2 is 1.55 bits per heavy atom. The van der Waals surface area contributed by atoms with E-state index >= 15 is 0 Å². The van der Waals surface area contributed by atoms with Gasteiger partial charge in [-0.1, -0.05) is 30.3 Å². The zero-order valence-electron chi connectivity index (χ0n) is 17.2. The van der Waals surface area contributed by atoms with Crippen molar-refractivity contribution in [2.45, 2.75) is 0 Å². The summed E-state index contributed by atoms with van der Waals surface area (Å²) >= 11 is 0. The molecule has 6 nitrogen and oxygen atoms in total. The molecule has 152 valence electrons. The van der Waals surface area contributed by atoms with Gasteiger partial charge in [-0.3, -0.25) is 14.6 Å². The maximum Gasteiger partial charge on any atom is 0.274 e. The number of H-pyrrole nitrogens is 1. The lowest BCUT2D eigenvalue weighted by Gasteiger charge is -2.14. The van der Waals surface area contributed by atoms with Crippen molar-refractivity contribution in [3.63, 3.8) is 0 Å². The van der Waals surface area contributed by atoms with Crippen molar-refractivity contribution < 1.29 is 0 Å². The number of aromatic nitrogens is 4. The van der Waals surface area contributed by atoms with Gasteiger partial charge < -0.3 is 14.1 Å². The van der Waals surface area contributed by atoms with Gasteiger partial charge >= 0.3 is 0 Å². The maximum absolute atomic E-state index is 12.9. The smallest absolute Gasteiger partial charge is 0.274 e. The van der Waals surface area contributed by atoms with E-state index in [2.05, 4.69) is 9.97 Å². The number of aromatic amines is 1. The van der Waals surface area contributed by atoms with Crippen molar-refractivity contribution in [3.8, 4) is 33.5 Å². The highest BCUT2D eigenvalue weighted by Crippen LogP contribution is 2.35. The quantitative estimate of drug-likeness (QED) is 0.491. The molecular weight excluding hydrogens is 388 g/mol. The lowest BCUT2D eigenvalue weighted by Crippen LogP contribution is -2.18. The molecule has 5 rings (SSSR count). The van der Waals surface area contributed by atoms with Gasteiger partial charge in [0.25, 0.3) is 11.1 Å². The van der Waals surface area contributed by atoms with Crippen molar-refractivity contribution >= 4 is 10.9 Å². The predicted octanol–water partition coefficient (Wildman–Crippen LogP) is 3.96. The first-order valence-corrected chi connectivity index (χ1v) is 9.92. The molecule has 1 N–H and O–H groups in total. The van der Waals surface area contributed by atoms with Crippen LogP contribution >= 0.6 is 0 Å². The number of aryl methyl sites for hydroxylation is 2. The summed E-state index contributed by atoms with van der Waals surface area (Å²) in [6.07, 6.45) is 7.11. The highest BCUT2D eigenvalue weighted by Gasteiger charge is 2.17. The monoisotopic (exact) mass is 408 g/mol. The minimum Gasteiger partial charge on any atom is -0.350 e. The van der Waals surface area contributed by atoms with Crippen LogP contribution in [0.5, 0.6) is 0 Å². The van der Waals surface area contributed by atoms with Crippen molar-refractivity contribution in [2.24, 2.45) is 14.1 Å². The van der Waals surface area contributed by atoms with E-state index in [0.717, 1.165) is 38.9 Å². The van der Waals surface area contributed by atoms with Crippen LogP contribution in [0.3, 0.4) is 0 Å². The number of rotatable bonds is 3. The van der Waals surface area contributed by atoms with Gasteiger partial charge in [0.1, 0.15) is 5.52 Å². The van der Waals surface area contributed by atoms with Crippen molar-refractivity contribution in [2.75, 3.05) is 0 Å². The molecule has 0 saturated carbocycles. The largest absolute Gasteiger partial charge is 0.350 e. The second-order valence-corrected chi connectivity index (χ2v) is 7.59. The summed E-state index contributed by atoms with van der Waals surface area (Å²) < 4.78 is 3.12. The van der Waals surface area contributed by atoms with Crippen LogP contribution in [0.15, 0.2) is 89.0 Å². The third-order valence-corrected chi connectivity index (χ3v) is 5.54. The van der Waals surface area contributed by atoms with Crippen molar-refractivity contribution in [1.29, 1.82) is 0 Å². The van der Waals surface area contributed by atoms with Crippen molar-refractivity contribution in [3.05, 3.63) is 100 Å². The zero-order chi connectivity index (χ0) is 21.5. The first-order valence-electron chi connectivity index (χ1n) is 9.92. The lowest BCUT2D eigenvalue weighted by atomic mass is 9.95. The number of benzene rings is 1. The van der Waals surface area contributed by atoms with Gasteiger partial charge in [0.15, 0.2) is 0 Å². The van der Waals surface area contributed by atoms with E-state index in [-0.39, 0.29) is 11.1 Å². The molecule has 0 saturated heterocycles. The number of fused-ring (bicyclic) bond motifs is 1. The minimum atomic E-state index is -0.126. The first kappa shape index (κ1) is 18.8. The summed E-state index contributed by atoms with van der Waals surface area (Å²) in [6, 6.07) is 17.3. The molecule has 0 radical (unpaired) electrons. The molecule has 0 unspecified atom stereocenters. The molecule has 31 heavy (non-hydrogen) atoms. The Balaban J connectivity index is 1.85. The Morgan fingerprint density at radius 3 is 2.29 bits per heavy atom. The summed E-state index contributed by atoms with van der Waals surface area (Å²) in [5, 5.41) is 0.771. The predicted molar refractivity (Wildman–Crippen MR) is 123 cm³/mol. The van der Waals surface area contributed by atoms with Crippen LogP contribution in [0.2, 0.25) is 0 Å². The average molecular weight is 408 g/mol. The van der Waals surface area contributed by atoms with E-state index in [0.29, 0.717) is 5.52 Å². The topological polar surface area (TPSA) is 72.7 Å². The highest BCUT2D eigenvalue weighted by atomic mass is 16.1. The minimum absolute atomic E-state index is 0.111. The summed E-state index contributed by atoms with van der Waals surface area (Å²) in [7, 11) is 3.46. The van der Waals surface area contributed by atoms with E-state index in [9.17, 15) is 9.59 Å². The SMILES string of the molecule is Cn1cc(-c2ccccc2)c(-c2cn(C)c(=O)c3[nH]c(-c4cccnc4)cc23)cc1=O. The molecule has 6 heteroatoms. The fraction of sp³-hybridized carbons (Fsp3) is 0.0800. The molecule has 0 aliphatic rings.